The van der Waals surface area contributed by atoms with E-state index in [2.05, 4.69) is 4.74 Å². The van der Waals surface area contributed by atoms with Crippen molar-refractivity contribution in [3.63, 3.8) is 0 Å². The van der Waals surface area contributed by atoms with Gasteiger partial charge in [-0.15, -0.1) is 0 Å². The van der Waals surface area contributed by atoms with Crippen LogP contribution in [-0.4, -0.2) is 55.4 Å². The molecule has 0 saturated heterocycles. The van der Waals surface area contributed by atoms with Gasteiger partial charge in [-0.25, -0.2) is 18.0 Å². The topological polar surface area (TPSA) is 99.5 Å². The Balaban J connectivity index is 1.70. The normalized spacial score (nSPS) is 21.9. The summed E-state index contributed by atoms with van der Waals surface area (Å²) in [6.45, 7) is -0.649. The summed E-state index contributed by atoms with van der Waals surface area (Å²) < 4.78 is 64.6. The number of aromatic nitrogens is 1. The third-order valence-corrected chi connectivity index (χ3v) is 6.89. The van der Waals surface area contributed by atoms with Crippen LogP contribution in [0.1, 0.15) is 34.9 Å². The second kappa shape index (κ2) is 10.4. The van der Waals surface area contributed by atoms with E-state index in [0.717, 1.165) is 19.2 Å². The summed E-state index contributed by atoms with van der Waals surface area (Å²) in [5, 5.41) is 1.75. The van der Waals surface area contributed by atoms with Crippen molar-refractivity contribution in [2.75, 3.05) is 32.6 Å². The molecule has 0 bridgehead atoms. The van der Waals surface area contributed by atoms with Crippen LogP contribution in [0, 0.1) is 17.6 Å². The highest BCUT2D eigenvalue weighted by molar-refractivity contribution is 5.96. The van der Waals surface area contributed by atoms with E-state index in [1.54, 1.807) is 11.1 Å². The van der Waals surface area contributed by atoms with Crippen molar-refractivity contribution < 1.29 is 41.7 Å². The van der Waals surface area contributed by atoms with Gasteiger partial charge in [-0.1, -0.05) is 6.08 Å². The molecule has 2 aromatic rings. The summed E-state index contributed by atoms with van der Waals surface area (Å²) in [6, 6.07) is 2.35. The van der Waals surface area contributed by atoms with Gasteiger partial charge in [0.2, 0.25) is 18.0 Å². The zero-order valence-electron chi connectivity index (χ0n) is 20.9. The highest BCUT2D eigenvalue weighted by atomic mass is 19.2. The average Bonchev–Trinajstić information content (AvgIpc) is 2.91. The number of hydrogen-bond acceptors (Lipinski definition) is 8. The molecule has 0 radical (unpaired) electrons. The van der Waals surface area contributed by atoms with Gasteiger partial charge in [0.05, 0.1) is 19.8 Å². The fourth-order valence-corrected chi connectivity index (χ4v) is 5.09. The highest BCUT2D eigenvalue weighted by Gasteiger charge is 2.45. The monoisotopic (exact) mass is 547 g/mol. The zero-order chi connectivity index (χ0) is 27.8. The first kappa shape index (κ1) is 26.2. The highest BCUT2D eigenvalue weighted by Crippen LogP contribution is 2.44. The van der Waals surface area contributed by atoms with Crippen LogP contribution >= 0.6 is 0 Å². The van der Waals surface area contributed by atoms with Crippen molar-refractivity contribution in [3.05, 3.63) is 81.6 Å². The second-order valence-corrected chi connectivity index (χ2v) is 9.07. The number of nitrogens with zero attached hydrogens (tertiary/aromatic N) is 3. The molecule has 3 atom stereocenters. The number of allylic oxidation sites excluding steroid dienone is 3. The molecule has 1 aromatic heterocycles. The van der Waals surface area contributed by atoms with Gasteiger partial charge < -0.3 is 23.8 Å². The summed E-state index contributed by atoms with van der Waals surface area (Å²) in [5.41, 5.74) is -0.558. The Morgan fingerprint density at radius 3 is 2.67 bits per heavy atom. The lowest BCUT2D eigenvalue weighted by atomic mass is 9.85. The minimum Gasteiger partial charge on any atom is -0.493 e. The van der Waals surface area contributed by atoms with Crippen LogP contribution in [0.5, 0.6) is 11.5 Å². The van der Waals surface area contributed by atoms with E-state index < -0.39 is 59.9 Å². The summed E-state index contributed by atoms with van der Waals surface area (Å²) in [5.74, 6) is -3.96. The van der Waals surface area contributed by atoms with E-state index >= 15 is 0 Å². The van der Waals surface area contributed by atoms with Gasteiger partial charge in [-0.05, 0) is 24.6 Å². The Labute approximate surface area is 220 Å². The molecule has 5 rings (SSSR count). The molecule has 0 fully saturated rings. The van der Waals surface area contributed by atoms with Gasteiger partial charge in [-0.3, -0.25) is 19.3 Å². The number of carbonyl (C=O) groups excluding carboxylic acids is 2. The van der Waals surface area contributed by atoms with Gasteiger partial charge in [0, 0.05) is 43.3 Å². The second-order valence-electron chi connectivity index (χ2n) is 9.07. The zero-order valence-corrected chi connectivity index (χ0v) is 20.9. The van der Waals surface area contributed by atoms with E-state index in [9.17, 15) is 27.6 Å². The smallest absolute Gasteiger partial charge is 0.493 e. The summed E-state index contributed by atoms with van der Waals surface area (Å²) in [6.07, 6.45) is 4.40. The number of methoxy groups -OCH3 is 1. The summed E-state index contributed by atoms with van der Waals surface area (Å²) in [7, 11) is 2.62. The summed E-state index contributed by atoms with van der Waals surface area (Å²) in [4.78, 5) is 39.1. The van der Waals surface area contributed by atoms with Crippen molar-refractivity contribution in [2.45, 2.75) is 25.0 Å². The molecule has 13 heteroatoms. The van der Waals surface area contributed by atoms with Crippen LogP contribution in [0.15, 0.2) is 53.2 Å². The fraction of sp³-hybridized carbons (Fsp3) is 0.346. The van der Waals surface area contributed by atoms with Crippen molar-refractivity contribution in [2.24, 2.45) is 5.92 Å². The van der Waals surface area contributed by atoms with E-state index in [1.165, 1.54) is 41.0 Å². The first-order chi connectivity index (χ1) is 18.7. The quantitative estimate of drug-likeness (QED) is 0.424. The van der Waals surface area contributed by atoms with Crippen LogP contribution in [0.25, 0.3) is 0 Å². The van der Waals surface area contributed by atoms with E-state index in [1.807, 2.05) is 0 Å². The number of ether oxygens (including phenoxy) is 4. The molecular weight excluding hydrogens is 523 g/mol. The molecule has 1 unspecified atom stereocenters. The number of hydrogen-bond donors (Lipinski definition) is 0. The van der Waals surface area contributed by atoms with Crippen molar-refractivity contribution in [1.82, 2.24) is 9.58 Å². The molecule has 0 spiro atoms. The molecule has 1 aromatic carbocycles. The predicted octanol–water partition coefficient (Wildman–Crippen LogP) is 3.55. The molecule has 3 heterocycles. The lowest BCUT2D eigenvalue weighted by Gasteiger charge is -2.51. The average molecular weight is 547 g/mol. The number of pyridine rings is 1. The molecule has 10 nitrogen and oxygen atoms in total. The van der Waals surface area contributed by atoms with Gasteiger partial charge in [0.25, 0.3) is 5.91 Å². The van der Waals surface area contributed by atoms with Crippen LogP contribution < -0.4 is 19.9 Å². The van der Waals surface area contributed by atoms with Crippen molar-refractivity contribution in [1.29, 1.82) is 0 Å². The fourth-order valence-electron chi connectivity index (χ4n) is 5.09. The lowest BCUT2D eigenvalue weighted by molar-refractivity contribution is 0.0129. The van der Waals surface area contributed by atoms with Gasteiger partial charge in [0.1, 0.15) is 17.7 Å². The minimum absolute atomic E-state index is 0.0600. The molecule has 1 aliphatic carbocycles. The molecule has 1 amide bonds. The Hall–Kier alpha value is -4.42. The number of halogens is 3. The largest absolute Gasteiger partial charge is 0.510 e. The van der Waals surface area contributed by atoms with Gasteiger partial charge in [-0.2, -0.15) is 0 Å². The van der Waals surface area contributed by atoms with Crippen molar-refractivity contribution in [3.8, 4) is 11.5 Å². The maximum Gasteiger partial charge on any atom is 0.510 e. The van der Waals surface area contributed by atoms with Crippen LogP contribution in [0.3, 0.4) is 0 Å². The first-order valence-electron chi connectivity index (χ1n) is 12.0. The SMILES string of the molecule is COC(=O)OCOc1c2n(ccc1=O)N1[C@H](C3C=CC(F)=CC3)c3cc(F)c(F)cc3OCC[C@H]1N(C)C2=O. The van der Waals surface area contributed by atoms with E-state index in [4.69, 9.17) is 14.2 Å². The number of carbonyl (C=O) groups is 2. The molecule has 0 N–H and O–H groups in total. The standard InChI is InChI=1S/C26H24F3N3O7/c1-30-21-8-10-37-20-12-18(29)17(28)11-16(20)22(14-3-5-15(27)6-4-14)32(21)31-9-7-19(33)24(23(31)25(30)34)38-13-39-26(35)36-2/h3,5-7,9,11-12,14,21-22H,4,8,10,13H2,1-2H3/t14?,21-,22+/m0/s1. The van der Waals surface area contributed by atoms with E-state index in [-0.39, 0.29) is 42.2 Å². The Kier molecular flexibility index (Phi) is 6.98. The van der Waals surface area contributed by atoms with Crippen molar-refractivity contribution >= 4 is 12.1 Å². The lowest BCUT2D eigenvalue weighted by Crippen LogP contribution is -2.62. The number of benzene rings is 1. The van der Waals surface area contributed by atoms with E-state index in [0.29, 0.717) is 0 Å². The number of amides is 1. The molecule has 0 saturated carbocycles. The molecule has 206 valence electrons. The van der Waals surface area contributed by atoms with Crippen LogP contribution in [-0.2, 0) is 9.47 Å². The van der Waals surface area contributed by atoms with Crippen LogP contribution in [0.2, 0.25) is 0 Å². The Morgan fingerprint density at radius 1 is 1.18 bits per heavy atom. The molecule has 39 heavy (non-hydrogen) atoms. The van der Waals surface area contributed by atoms with Crippen LogP contribution in [0.4, 0.5) is 18.0 Å². The number of fused-ring (bicyclic) bond motifs is 4. The van der Waals surface area contributed by atoms with Gasteiger partial charge >= 0.3 is 6.16 Å². The molecular formula is C26H24F3N3O7. The minimum atomic E-state index is -1.11. The molecule has 2 aliphatic heterocycles. The van der Waals surface area contributed by atoms with Gasteiger partial charge in [0.15, 0.2) is 17.3 Å². The number of rotatable bonds is 4. The maximum absolute atomic E-state index is 14.6. The predicted molar refractivity (Wildman–Crippen MR) is 129 cm³/mol. The Morgan fingerprint density at radius 2 is 1.95 bits per heavy atom. The molecule has 3 aliphatic rings. The maximum atomic E-state index is 14.6. The Bertz CT molecular complexity index is 1440. The third-order valence-electron chi connectivity index (χ3n) is 6.89. The third kappa shape index (κ3) is 4.68. The summed E-state index contributed by atoms with van der Waals surface area (Å²) >= 11 is 0. The first-order valence-corrected chi connectivity index (χ1v) is 12.0.